The molecule has 0 aliphatic heterocycles. The van der Waals surface area contributed by atoms with Gasteiger partial charge in [-0.15, -0.1) is 0 Å². The van der Waals surface area contributed by atoms with Crippen molar-refractivity contribution in [3.8, 4) is 0 Å². The van der Waals surface area contributed by atoms with Crippen LogP contribution in [0.3, 0.4) is 0 Å². The Morgan fingerprint density at radius 3 is 2.67 bits per heavy atom. The first-order chi connectivity index (χ1) is 4.27. The zero-order chi connectivity index (χ0) is 7.11. The van der Waals surface area contributed by atoms with Gasteiger partial charge in [0.25, 0.3) is 0 Å². The van der Waals surface area contributed by atoms with Crippen LogP contribution in [0.25, 0.3) is 0 Å². The molecule has 0 saturated heterocycles. The smallest absolute Gasteiger partial charge is 0.0653 e. The van der Waals surface area contributed by atoms with E-state index in [0.29, 0.717) is 12.7 Å². The fraction of sp³-hybridized carbons (Fsp3) is 0.500. The molecular weight excluding hydrogens is 112 g/mol. The van der Waals surface area contributed by atoms with Crippen LogP contribution in [0.5, 0.6) is 0 Å². The van der Waals surface area contributed by atoms with Gasteiger partial charge in [-0.2, -0.15) is 0 Å². The van der Waals surface area contributed by atoms with E-state index in [1.165, 1.54) is 0 Å². The SMILES string of the molecule is C=C/C=C\COC(C)C. The van der Waals surface area contributed by atoms with Crippen LogP contribution in [0.15, 0.2) is 24.8 Å². The summed E-state index contributed by atoms with van der Waals surface area (Å²) in [5, 5.41) is 0. The second-order valence-electron chi connectivity index (χ2n) is 2.05. The maximum Gasteiger partial charge on any atom is 0.0653 e. The lowest BCUT2D eigenvalue weighted by Crippen LogP contribution is -2.01. The molecule has 0 aromatic carbocycles. The quantitative estimate of drug-likeness (QED) is 0.524. The summed E-state index contributed by atoms with van der Waals surface area (Å²) < 4.78 is 5.21. The Kier molecular flexibility index (Phi) is 5.23. The average Bonchev–Trinajstić information content (AvgIpc) is 1.80. The molecule has 0 N–H and O–H groups in total. The summed E-state index contributed by atoms with van der Waals surface area (Å²) >= 11 is 0. The van der Waals surface area contributed by atoms with Crippen LogP contribution in [-0.4, -0.2) is 12.7 Å². The van der Waals surface area contributed by atoms with Gasteiger partial charge in [-0.05, 0) is 13.8 Å². The number of hydrogen-bond acceptors (Lipinski definition) is 1. The molecule has 0 aromatic rings. The van der Waals surface area contributed by atoms with Gasteiger partial charge in [-0.3, -0.25) is 0 Å². The molecule has 0 aliphatic carbocycles. The number of hydrogen-bond donors (Lipinski definition) is 0. The fourth-order valence-electron chi connectivity index (χ4n) is 0.400. The highest BCUT2D eigenvalue weighted by Gasteiger charge is 1.86. The van der Waals surface area contributed by atoms with E-state index in [4.69, 9.17) is 4.74 Å². The van der Waals surface area contributed by atoms with Crippen molar-refractivity contribution in [2.24, 2.45) is 0 Å². The zero-order valence-electron chi connectivity index (χ0n) is 6.13. The number of allylic oxidation sites excluding steroid dienone is 2. The summed E-state index contributed by atoms with van der Waals surface area (Å²) in [5.41, 5.74) is 0. The zero-order valence-corrected chi connectivity index (χ0v) is 6.13. The molecule has 0 spiro atoms. The van der Waals surface area contributed by atoms with Crippen molar-refractivity contribution in [2.75, 3.05) is 6.61 Å². The van der Waals surface area contributed by atoms with Crippen LogP contribution in [-0.2, 0) is 4.74 Å². The molecule has 0 fully saturated rings. The first kappa shape index (κ1) is 8.44. The van der Waals surface area contributed by atoms with Crippen molar-refractivity contribution < 1.29 is 4.74 Å². The third kappa shape index (κ3) is 7.44. The highest BCUT2D eigenvalue weighted by Crippen LogP contribution is 1.86. The van der Waals surface area contributed by atoms with Crippen molar-refractivity contribution >= 4 is 0 Å². The highest BCUT2D eigenvalue weighted by molar-refractivity contribution is 4.96. The van der Waals surface area contributed by atoms with Gasteiger partial charge >= 0.3 is 0 Å². The van der Waals surface area contributed by atoms with E-state index in [-0.39, 0.29) is 0 Å². The van der Waals surface area contributed by atoms with Crippen molar-refractivity contribution in [1.82, 2.24) is 0 Å². The Bertz CT molecular complexity index is 92.7. The van der Waals surface area contributed by atoms with E-state index >= 15 is 0 Å². The third-order valence-corrected chi connectivity index (χ3v) is 0.798. The molecule has 0 radical (unpaired) electrons. The summed E-state index contributed by atoms with van der Waals surface area (Å²) in [4.78, 5) is 0. The normalized spacial score (nSPS) is 11.0. The molecule has 0 heterocycles. The lowest BCUT2D eigenvalue weighted by molar-refractivity contribution is 0.102. The average molecular weight is 126 g/mol. The minimum Gasteiger partial charge on any atom is -0.375 e. The Labute approximate surface area is 57.0 Å². The molecule has 0 bridgehead atoms. The third-order valence-electron chi connectivity index (χ3n) is 0.798. The molecule has 0 rings (SSSR count). The standard InChI is InChI=1S/C8H14O/c1-4-5-6-7-9-8(2)3/h4-6,8H,1,7H2,2-3H3/b6-5-. The second kappa shape index (κ2) is 5.57. The van der Waals surface area contributed by atoms with Gasteiger partial charge in [-0.1, -0.05) is 24.8 Å². The van der Waals surface area contributed by atoms with E-state index in [0.717, 1.165) is 0 Å². The molecular formula is C8H14O. The summed E-state index contributed by atoms with van der Waals surface area (Å²) in [7, 11) is 0. The van der Waals surface area contributed by atoms with Crippen LogP contribution >= 0.6 is 0 Å². The van der Waals surface area contributed by atoms with Crippen molar-refractivity contribution in [3.63, 3.8) is 0 Å². The minimum absolute atomic E-state index is 0.319. The topological polar surface area (TPSA) is 9.23 Å². The van der Waals surface area contributed by atoms with Crippen LogP contribution in [0.1, 0.15) is 13.8 Å². The van der Waals surface area contributed by atoms with Crippen LogP contribution in [0.4, 0.5) is 0 Å². The van der Waals surface area contributed by atoms with Gasteiger partial charge in [0.15, 0.2) is 0 Å². The Balaban J connectivity index is 3.08. The molecule has 0 atom stereocenters. The van der Waals surface area contributed by atoms with E-state index in [1.54, 1.807) is 6.08 Å². The largest absolute Gasteiger partial charge is 0.375 e. The van der Waals surface area contributed by atoms with E-state index in [2.05, 4.69) is 6.58 Å². The molecule has 0 unspecified atom stereocenters. The first-order valence-electron chi connectivity index (χ1n) is 3.16. The molecule has 0 saturated carbocycles. The van der Waals surface area contributed by atoms with Crippen molar-refractivity contribution in [1.29, 1.82) is 0 Å². The van der Waals surface area contributed by atoms with Gasteiger partial charge in [0, 0.05) is 0 Å². The monoisotopic (exact) mass is 126 g/mol. The first-order valence-corrected chi connectivity index (χ1v) is 3.16. The summed E-state index contributed by atoms with van der Waals surface area (Å²) in [5.74, 6) is 0. The van der Waals surface area contributed by atoms with Gasteiger partial charge in [0.05, 0.1) is 12.7 Å². The Morgan fingerprint density at radius 2 is 2.22 bits per heavy atom. The molecule has 0 aromatic heterocycles. The highest BCUT2D eigenvalue weighted by atomic mass is 16.5. The predicted molar refractivity (Wildman–Crippen MR) is 40.4 cm³/mol. The maximum absolute atomic E-state index is 5.21. The van der Waals surface area contributed by atoms with Crippen molar-refractivity contribution in [3.05, 3.63) is 24.8 Å². The predicted octanol–water partition coefficient (Wildman–Crippen LogP) is 2.15. The summed E-state index contributed by atoms with van der Waals surface area (Å²) in [6.07, 6.45) is 5.87. The van der Waals surface area contributed by atoms with Gasteiger partial charge in [0.1, 0.15) is 0 Å². The maximum atomic E-state index is 5.21. The lowest BCUT2D eigenvalue weighted by atomic mass is 10.4. The summed E-state index contributed by atoms with van der Waals surface area (Å²) in [6, 6.07) is 0. The van der Waals surface area contributed by atoms with E-state index in [1.807, 2.05) is 26.0 Å². The molecule has 9 heavy (non-hydrogen) atoms. The Morgan fingerprint density at radius 1 is 1.56 bits per heavy atom. The summed E-state index contributed by atoms with van der Waals surface area (Å²) in [6.45, 7) is 8.25. The van der Waals surface area contributed by atoms with E-state index in [9.17, 15) is 0 Å². The van der Waals surface area contributed by atoms with Gasteiger partial charge in [0.2, 0.25) is 0 Å². The molecule has 1 nitrogen and oxygen atoms in total. The van der Waals surface area contributed by atoms with Crippen molar-refractivity contribution in [2.45, 2.75) is 20.0 Å². The second-order valence-corrected chi connectivity index (χ2v) is 2.05. The van der Waals surface area contributed by atoms with E-state index < -0.39 is 0 Å². The van der Waals surface area contributed by atoms with Gasteiger partial charge < -0.3 is 4.74 Å². The minimum atomic E-state index is 0.319. The van der Waals surface area contributed by atoms with Crippen LogP contribution in [0, 0.1) is 0 Å². The van der Waals surface area contributed by atoms with Crippen LogP contribution in [0.2, 0.25) is 0 Å². The Hall–Kier alpha value is -0.560. The molecule has 0 amide bonds. The molecule has 52 valence electrons. The molecule has 0 aliphatic rings. The van der Waals surface area contributed by atoms with Crippen LogP contribution < -0.4 is 0 Å². The van der Waals surface area contributed by atoms with Gasteiger partial charge in [-0.25, -0.2) is 0 Å². The lowest BCUT2D eigenvalue weighted by Gasteiger charge is -2.01. The molecule has 1 heteroatoms. The number of rotatable bonds is 4. The number of ether oxygens (including phenoxy) is 1. The fourth-order valence-corrected chi connectivity index (χ4v) is 0.400.